The van der Waals surface area contributed by atoms with Gasteiger partial charge in [0.05, 0.1) is 0 Å². The van der Waals surface area contributed by atoms with Crippen LogP contribution in [0.15, 0.2) is 0 Å². The Labute approximate surface area is 73.3 Å². The van der Waals surface area contributed by atoms with Gasteiger partial charge in [-0.15, -0.1) is 0 Å². The zero-order valence-electron chi connectivity index (χ0n) is 6.64. The molecular weight excluding hydrogens is 176 g/mol. The highest BCUT2D eigenvalue weighted by molar-refractivity contribution is 5.69. The van der Waals surface area contributed by atoms with Gasteiger partial charge in [-0.25, -0.2) is 4.79 Å². The van der Waals surface area contributed by atoms with Crippen molar-refractivity contribution in [3.05, 3.63) is 0 Å². The summed E-state index contributed by atoms with van der Waals surface area (Å²) in [6.45, 7) is 0. The van der Waals surface area contributed by atoms with Crippen LogP contribution in [0.25, 0.3) is 0 Å². The fourth-order valence-electron chi connectivity index (χ4n) is 0.427. The lowest BCUT2D eigenvalue weighted by atomic mass is 10.9. The van der Waals surface area contributed by atoms with Crippen LogP contribution in [0, 0.1) is 0 Å². The Kier molecular flexibility index (Phi) is 3.73. The first kappa shape index (κ1) is 10.7. The molecule has 1 heterocycles. The fraction of sp³-hybridized carbons (Fsp3) is 0. The van der Waals surface area contributed by atoms with Crippen LogP contribution in [-0.4, -0.2) is 21.0 Å². The number of nitrogens with zero attached hydrogens (tertiary/aromatic N) is 3. The highest BCUT2D eigenvalue weighted by Gasteiger charge is 1.93. The molecule has 9 heteroatoms. The number of nitrogen functional groups attached to an aromatic ring is 3. The monoisotopic (exact) mass is 186 g/mol. The number of nitrogens with two attached hydrogens (primary N) is 5. The maximum absolute atomic E-state index is 9.00. The first-order chi connectivity index (χ1) is 5.91. The van der Waals surface area contributed by atoms with Crippen LogP contribution >= 0.6 is 0 Å². The van der Waals surface area contributed by atoms with Gasteiger partial charge in [0.2, 0.25) is 17.8 Å². The molecule has 0 aromatic carbocycles. The Hall–Kier alpha value is -2.32. The van der Waals surface area contributed by atoms with Gasteiger partial charge in [0.25, 0.3) is 0 Å². The number of urea groups is 1. The van der Waals surface area contributed by atoms with Crippen molar-refractivity contribution in [1.82, 2.24) is 15.0 Å². The summed E-state index contributed by atoms with van der Waals surface area (Å²) in [5.74, 6) is 0.125. The van der Waals surface area contributed by atoms with E-state index in [1.165, 1.54) is 0 Å². The van der Waals surface area contributed by atoms with E-state index >= 15 is 0 Å². The van der Waals surface area contributed by atoms with Crippen LogP contribution in [-0.2, 0) is 0 Å². The van der Waals surface area contributed by atoms with Crippen molar-refractivity contribution in [2.45, 2.75) is 0 Å². The average molecular weight is 186 g/mol. The third kappa shape index (κ3) is 6.09. The second-order valence-corrected chi connectivity index (χ2v) is 1.81. The zero-order valence-corrected chi connectivity index (χ0v) is 6.64. The molecule has 0 aliphatic heterocycles. The van der Waals surface area contributed by atoms with E-state index < -0.39 is 6.03 Å². The minimum absolute atomic E-state index is 0.0417. The molecule has 0 saturated carbocycles. The maximum Gasteiger partial charge on any atom is 0.309 e. The molecule has 1 aromatic heterocycles. The maximum atomic E-state index is 9.00. The largest absolute Gasteiger partial charge is 0.368 e. The van der Waals surface area contributed by atoms with Crippen molar-refractivity contribution in [3.8, 4) is 0 Å². The standard InChI is InChI=1S/C3H6N6.CH4N2O/c4-1-7-2(5)9-3(6)8-1;2-1(3)4/h(H6,4,5,6,7,8,9);(H4,2,3,4). The second-order valence-electron chi connectivity index (χ2n) is 1.81. The third-order valence-corrected chi connectivity index (χ3v) is 0.687. The first-order valence-electron chi connectivity index (χ1n) is 2.99. The number of carbonyl (C=O) groups excluding carboxylic acids is 1. The Morgan fingerprint density at radius 1 is 0.846 bits per heavy atom. The van der Waals surface area contributed by atoms with Crippen molar-refractivity contribution in [1.29, 1.82) is 0 Å². The van der Waals surface area contributed by atoms with E-state index in [2.05, 4.69) is 26.4 Å². The number of primary amides is 2. The van der Waals surface area contributed by atoms with Gasteiger partial charge in [0.1, 0.15) is 0 Å². The molecule has 0 spiro atoms. The highest BCUT2D eigenvalue weighted by Crippen LogP contribution is 1.97. The Morgan fingerprint density at radius 2 is 1.00 bits per heavy atom. The summed E-state index contributed by atoms with van der Waals surface area (Å²) in [7, 11) is 0. The summed E-state index contributed by atoms with van der Waals surface area (Å²) in [6.07, 6.45) is 0. The molecular formula is C4H10N8O. The molecule has 0 aliphatic rings. The van der Waals surface area contributed by atoms with Gasteiger partial charge >= 0.3 is 6.03 Å². The topological polar surface area (TPSA) is 186 Å². The summed E-state index contributed by atoms with van der Waals surface area (Å²) in [5, 5.41) is 0. The van der Waals surface area contributed by atoms with Gasteiger partial charge < -0.3 is 28.7 Å². The van der Waals surface area contributed by atoms with E-state index in [0.29, 0.717) is 0 Å². The summed E-state index contributed by atoms with van der Waals surface area (Å²) in [6, 6.07) is -0.833. The molecule has 1 rings (SSSR count). The molecule has 2 amide bonds. The van der Waals surface area contributed by atoms with Crippen molar-refractivity contribution >= 4 is 23.9 Å². The predicted molar refractivity (Wildman–Crippen MR) is 46.8 cm³/mol. The number of anilines is 3. The number of amides is 2. The number of hydrogen-bond acceptors (Lipinski definition) is 7. The summed E-state index contributed by atoms with van der Waals surface area (Å²) in [5.41, 5.74) is 23.9. The summed E-state index contributed by atoms with van der Waals surface area (Å²) < 4.78 is 0. The van der Waals surface area contributed by atoms with E-state index in [0.717, 1.165) is 0 Å². The quantitative estimate of drug-likeness (QED) is 0.299. The number of aromatic nitrogens is 3. The van der Waals surface area contributed by atoms with Crippen molar-refractivity contribution in [2.24, 2.45) is 11.5 Å². The number of carbonyl (C=O) groups is 1. The minimum atomic E-state index is -0.833. The Balaban J connectivity index is 0.000000310. The lowest BCUT2D eigenvalue weighted by Gasteiger charge is -1.93. The Bertz CT molecular complexity index is 244. The Morgan fingerprint density at radius 3 is 1.15 bits per heavy atom. The van der Waals surface area contributed by atoms with E-state index in [1.807, 2.05) is 0 Å². The zero-order chi connectivity index (χ0) is 10.4. The average Bonchev–Trinajstić information content (AvgIpc) is 1.80. The summed E-state index contributed by atoms with van der Waals surface area (Å²) >= 11 is 0. The van der Waals surface area contributed by atoms with Crippen LogP contribution in [0.4, 0.5) is 22.6 Å². The molecule has 0 atom stereocenters. The lowest BCUT2D eigenvalue weighted by molar-refractivity contribution is 0.256. The van der Waals surface area contributed by atoms with Crippen LogP contribution in [0.5, 0.6) is 0 Å². The molecule has 0 fully saturated rings. The highest BCUT2D eigenvalue weighted by atomic mass is 16.2. The van der Waals surface area contributed by atoms with E-state index in [-0.39, 0.29) is 17.8 Å². The van der Waals surface area contributed by atoms with Gasteiger partial charge in [-0.3, -0.25) is 0 Å². The van der Waals surface area contributed by atoms with Gasteiger partial charge in [-0.05, 0) is 0 Å². The molecule has 9 nitrogen and oxygen atoms in total. The SMILES string of the molecule is NC(N)=O.Nc1nc(N)nc(N)n1. The minimum Gasteiger partial charge on any atom is -0.368 e. The van der Waals surface area contributed by atoms with Gasteiger partial charge in [-0.2, -0.15) is 15.0 Å². The van der Waals surface area contributed by atoms with Crippen molar-refractivity contribution in [3.63, 3.8) is 0 Å². The predicted octanol–water partition coefficient (Wildman–Crippen LogP) is -2.36. The van der Waals surface area contributed by atoms with E-state index in [1.54, 1.807) is 0 Å². The van der Waals surface area contributed by atoms with Crippen LogP contribution in [0.1, 0.15) is 0 Å². The smallest absolute Gasteiger partial charge is 0.309 e. The molecule has 0 unspecified atom stereocenters. The molecule has 72 valence electrons. The fourth-order valence-corrected chi connectivity index (χ4v) is 0.427. The molecule has 0 bridgehead atoms. The molecule has 1 aromatic rings. The first-order valence-corrected chi connectivity index (χ1v) is 2.99. The molecule has 0 radical (unpaired) electrons. The van der Waals surface area contributed by atoms with E-state index in [9.17, 15) is 0 Å². The number of rotatable bonds is 0. The normalized spacial score (nSPS) is 8.31. The van der Waals surface area contributed by atoms with Crippen molar-refractivity contribution < 1.29 is 4.79 Å². The molecule has 0 saturated heterocycles. The second kappa shape index (κ2) is 4.54. The third-order valence-electron chi connectivity index (χ3n) is 0.687. The summed E-state index contributed by atoms with van der Waals surface area (Å²) in [4.78, 5) is 19.5. The van der Waals surface area contributed by atoms with Crippen LogP contribution < -0.4 is 28.7 Å². The van der Waals surface area contributed by atoms with E-state index in [4.69, 9.17) is 22.0 Å². The van der Waals surface area contributed by atoms with Crippen LogP contribution in [0.3, 0.4) is 0 Å². The van der Waals surface area contributed by atoms with Crippen molar-refractivity contribution in [2.75, 3.05) is 17.2 Å². The number of hydrogen-bond donors (Lipinski definition) is 5. The molecule has 0 aliphatic carbocycles. The van der Waals surface area contributed by atoms with Gasteiger partial charge in [-0.1, -0.05) is 0 Å². The molecule has 13 heavy (non-hydrogen) atoms. The molecule has 10 N–H and O–H groups in total. The van der Waals surface area contributed by atoms with Gasteiger partial charge in [0.15, 0.2) is 0 Å². The lowest BCUT2D eigenvalue weighted by Crippen LogP contribution is -2.18. The van der Waals surface area contributed by atoms with Gasteiger partial charge in [0, 0.05) is 0 Å². The van der Waals surface area contributed by atoms with Crippen LogP contribution in [0.2, 0.25) is 0 Å².